The molecule has 122 valence electrons. The standard InChI is InChI=1S/C18H14Cl2N2O2/c1-9-13(19)4-3-5-15(9)22-18(24)12-8-21-16-10(2)14(20)7-6-11(16)17(12)23/h3-8H,1-2H3,(H,21,23)(H,22,24). The molecule has 0 aliphatic rings. The van der Waals surface area contributed by atoms with Crippen LogP contribution in [0.15, 0.2) is 41.3 Å². The lowest BCUT2D eigenvalue weighted by atomic mass is 10.1. The van der Waals surface area contributed by atoms with Crippen LogP contribution in [0.3, 0.4) is 0 Å². The Morgan fingerprint density at radius 2 is 1.75 bits per heavy atom. The van der Waals surface area contributed by atoms with E-state index in [0.29, 0.717) is 26.6 Å². The van der Waals surface area contributed by atoms with Crippen molar-refractivity contribution in [1.82, 2.24) is 4.98 Å². The van der Waals surface area contributed by atoms with Crippen molar-refractivity contribution < 1.29 is 4.79 Å². The molecule has 0 unspecified atom stereocenters. The molecule has 0 spiro atoms. The molecule has 4 nitrogen and oxygen atoms in total. The molecular weight excluding hydrogens is 347 g/mol. The summed E-state index contributed by atoms with van der Waals surface area (Å²) in [5, 5.41) is 4.26. The third-order valence-electron chi connectivity index (χ3n) is 4.01. The lowest BCUT2D eigenvalue weighted by molar-refractivity contribution is 0.102. The molecule has 1 heterocycles. The minimum atomic E-state index is -0.490. The van der Waals surface area contributed by atoms with Crippen molar-refractivity contribution in [3.63, 3.8) is 0 Å². The molecule has 0 saturated heterocycles. The lowest BCUT2D eigenvalue weighted by Crippen LogP contribution is -2.22. The lowest BCUT2D eigenvalue weighted by Gasteiger charge is -2.10. The summed E-state index contributed by atoms with van der Waals surface area (Å²) >= 11 is 12.1. The summed E-state index contributed by atoms with van der Waals surface area (Å²) in [6.07, 6.45) is 1.41. The molecule has 0 aliphatic heterocycles. The number of nitrogens with one attached hydrogen (secondary N) is 2. The molecule has 2 N–H and O–H groups in total. The molecule has 0 aliphatic carbocycles. The summed E-state index contributed by atoms with van der Waals surface area (Å²) in [4.78, 5) is 28.1. The van der Waals surface area contributed by atoms with Gasteiger partial charge in [0.15, 0.2) is 0 Å². The zero-order chi connectivity index (χ0) is 17.4. The molecule has 0 atom stereocenters. The highest BCUT2D eigenvalue weighted by Crippen LogP contribution is 2.24. The predicted octanol–water partition coefficient (Wildman–Crippen LogP) is 4.70. The number of amides is 1. The van der Waals surface area contributed by atoms with Gasteiger partial charge in [0.1, 0.15) is 5.56 Å². The predicted molar refractivity (Wildman–Crippen MR) is 98.5 cm³/mol. The van der Waals surface area contributed by atoms with Crippen LogP contribution < -0.4 is 10.7 Å². The van der Waals surface area contributed by atoms with Crippen LogP contribution in [0.25, 0.3) is 10.9 Å². The van der Waals surface area contributed by atoms with Crippen LogP contribution in [0.5, 0.6) is 0 Å². The third-order valence-corrected chi connectivity index (χ3v) is 4.83. The van der Waals surface area contributed by atoms with Crippen molar-refractivity contribution in [3.05, 3.63) is 73.5 Å². The van der Waals surface area contributed by atoms with Crippen LogP contribution in [0, 0.1) is 13.8 Å². The molecule has 1 aromatic heterocycles. The number of aryl methyl sites for hydroxylation is 1. The number of fused-ring (bicyclic) bond motifs is 1. The maximum absolute atomic E-state index is 12.6. The summed E-state index contributed by atoms with van der Waals surface area (Å²) in [6, 6.07) is 8.48. The van der Waals surface area contributed by atoms with Gasteiger partial charge in [0.2, 0.25) is 5.43 Å². The van der Waals surface area contributed by atoms with Crippen molar-refractivity contribution in [2.24, 2.45) is 0 Å². The first-order chi connectivity index (χ1) is 11.4. The summed E-state index contributed by atoms with van der Waals surface area (Å²) in [5.41, 5.74) is 2.39. The van der Waals surface area contributed by atoms with Crippen molar-refractivity contribution >= 4 is 45.7 Å². The molecule has 6 heteroatoms. The van der Waals surface area contributed by atoms with Crippen molar-refractivity contribution in [2.45, 2.75) is 13.8 Å². The summed E-state index contributed by atoms with van der Waals surface area (Å²) in [5.74, 6) is -0.490. The maximum Gasteiger partial charge on any atom is 0.261 e. The first kappa shape index (κ1) is 16.6. The van der Waals surface area contributed by atoms with Gasteiger partial charge in [0, 0.05) is 27.3 Å². The van der Waals surface area contributed by atoms with E-state index in [-0.39, 0.29) is 11.0 Å². The van der Waals surface area contributed by atoms with E-state index in [1.54, 1.807) is 37.3 Å². The van der Waals surface area contributed by atoms with E-state index >= 15 is 0 Å². The van der Waals surface area contributed by atoms with Crippen LogP contribution in [0.2, 0.25) is 10.0 Å². The van der Waals surface area contributed by atoms with Crippen molar-refractivity contribution in [1.29, 1.82) is 0 Å². The largest absolute Gasteiger partial charge is 0.360 e. The second-order valence-electron chi connectivity index (χ2n) is 5.49. The number of pyridine rings is 1. The molecular formula is C18H14Cl2N2O2. The van der Waals surface area contributed by atoms with Crippen LogP contribution in [-0.4, -0.2) is 10.9 Å². The van der Waals surface area contributed by atoms with Crippen molar-refractivity contribution in [3.8, 4) is 0 Å². The molecule has 24 heavy (non-hydrogen) atoms. The van der Waals surface area contributed by atoms with Gasteiger partial charge in [-0.05, 0) is 49.2 Å². The molecule has 3 aromatic rings. The van der Waals surface area contributed by atoms with Crippen LogP contribution in [0.1, 0.15) is 21.5 Å². The number of anilines is 1. The van der Waals surface area contributed by atoms with Gasteiger partial charge in [-0.25, -0.2) is 0 Å². The number of carbonyl (C=O) groups is 1. The normalized spacial score (nSPS) is 10.8. The quantitative estimate of drug-likeness (QED) is 0.695. The van der Waals surface area contributed by atoms with E-state index in [1.807, 2.05) is 6.92 Å². The number of rotatable bonds is 2. The van der Waals surface area contributed by atoms with E-state index < -0.39 is 5.91 Å². The van der Waals surface area contributed by atoms with Gasteiger partial charge in [-0.2, -0.15) is 0 Å². The number of hydrogen-bond acceptors (Lipinski definition) is 2. The molecule has 0 saturated carbocycles. The first-order valence-corrected chi connectivity index (χ1v) is 8.02. The fourth-order valence-electron chi connectivity index (χ4n) is 2.52. The Balaban J connectivity index is 2.05. The molecule has 2 aromatic carbocycles. The number of aromatic amines is 1. The van der Waals surface area contributed by atoms with Gasteiger partial charge in [0.05, 0.1) is 5.52 Å². The average Bonchev–Trinajstić information content (AvgIpc) is 2.55. The van der Waals surface area contributed by atoms with Crippen LogP contribution in [-0.2, 0) is 0 Å². The van der Waals surface area contributed by atoms with E-state index in [9.17, 15) is 9.59 Å². The first-order valence-electron chi connectivity index (χ1n) is 7.27. The van der Waals surface area contributed by atoms with Gasteiger partial charge >= 0.3 is 0 Å². The number of hydrogen-bond donors (Lipinski definition) is 2. The summed E-state index contributed by atoms with van der Waals surface area (Å²) in [6.45, 7) is 3.61. The highest BCUT2D eigenvalue weighted by atomic mass is 35.5. The van der Waals surface area contributed by atoms with E-state index in [1.165, 1.54) is 6.20 Å². The minimum absolute atomic E-state index is 0.0311. The zero-order valence-electron chi connectivity index (χ0n) is 13.0. The Morgan fingerprint density at radius 3 is 2.50 bits per heavy atom. The number of halogens is 2. The van der Waals surface area contributed by atoms with Crippen LogP contribution in [0.4, 0.5) is 5.69 Å². The highest BCUT2D eigenvalue weighted by molar-refractivity contribution is 6.32. The van der Waals surface area contributed by atoms with Gasteiger partial charge in [0.25, 0.3) is 5.91 Å². The maximum atomic E-state index is 12.6. The number of aromatic nitrogens is 1. The average molecular weight is 361 g/mol. The summed E-state index contributed by atoms with van der Waals surface area (Å²) in [7, 11) is 0. The van der Waals surface area contributed by atoms with Crippen LogP contribution >= 0.6 is 23.2 Å². The van der Waals surface area contributed by atoms with Crippen molar-refractivity contribution in [2.75, 3.05) is 5.32 Å². The topological polar surface area (TPSA) is 62.0 Å². The van der Waals surface area contributed by atoms with E-state index in [4.69, 9.17) is 23.2 Å². The number of benzene rings is 2. The second-order valence-corrected chi connectivity index (χ2v) is 6.31. The Hall–Kier alpha value is -2.30. The minimum Gasteiger partial charge on any atom is -0.360 e. The van der Waals surface area contributed by atoms with Gasteiger partial charge in [-0.15, -0.1) is 0 Å². The Morgan fingerprint density at radius 1 is 1.04 bits per heavy atom. The summed E-state index contributed by atoms with van der Waals surface area (Å²) < 4.78 is 0. The Labute approximate surface area is 148 Å². The van der Waals surface area contributed by atoms with Gasteiger partial charge in [-0.1, -0.05) is 29.3 Å². The smallest absolute Gasteiger partial charge is 0.261 e. The fourth-order valence-corrected chi connectivity index (χ4v) is 2.85. The van der Waals surface area contributed by atoms with E-state index in [2.05, 4.69) is 10.3 Å². The highest BCUT2D eigenvalue weighted by Gasteiger charge is 2.16. The molecule has 3 rings (SSSR count). The van der Waals surface area contributed by atoms with Gasteiger partial charge < -0.3 is 10.3 Å². The van der Waals surface area contributed by atoms with Gasteiger partial charge in [-0.3, -0.25) is 9.59 Å². The molecule has 0 radical (unpaired) electrons. The molecule has 0 fully saturated rings. The molecule has 1 amide bonds. The fraction of sp³-hybridized carbons (Fsp3) is 0.111. The second kappa shape index (κ2) is 6.30. The Bertz CT molecular complexity index is 1030. The monoisotopic (exact) mass is 360 g/mol. The molecule has 0 bridgehead atoms. The number of H-pyrrole nitrogens is 1. The third kappa shape index (κ3) is 2.79. The number of carbonyl (C=O) groups excluding carboxylic acids is 1. The SMILES string of the molecule is Cc1c(Cl)cccc1NC(=O)c1c[nH]c2c(C)c(Cl)ccc2c1=O. The Kier molecular flexibility index (Phi) is 4.35. The zero-order valence-corrected chi connectivity index (χ0v) is 14.5. The van der Waals surface area contributed by atoms with E-state index in [0.717, 1.165) is 11.1 Å².